The average Bonchev–Trinajstić information content (AvgIpc) is 3.05. The summed E-state index contributed by atoms with van der Waals surface area (Å²) in [6.07, 6.45) is 0. The lowest BCUT2D eigenvalue weighted by molar-refractivity contribution is 0.414. The quantitative estimate of drug-likeness (QED) is 0.552. The van der Waals surface area contributed by atoms with Gasteiger partial charge in [-0.25, -0.2) is 0 Å². The lowest BCUT2D eigenvalue weighted by Crippen LogP contribution is -1.83. The molecule has 4 nitrogen and oxygen atoms in total. The highest BCUT2D eigenvalue weighted by molar-refractivity contribution is 6.09. The van der Waals surface area contributed by atoms with Gasteiger partial charge in [-0.1, -0.05) is 11.2 Å². The highest BCUT2D eigenvalue weighted by atomic mass is 16.5. The van der Waals surface area contributed by atoms with Crippen LogP contribution in [0, 0.1) is 0 Å². The summed E-state index contributed by atoms with van der Waals surface area (Å²) in [6, 6.07) is 17.8. The molecule has 0 fully saturated rings. The van der Waals surface area contributed by atoms with Crippen molar-refractivity contribution in [3.8, 4) is 22.8 Å². The molecule has 0 spiro atoms. The summed E-state index contributed by atoms with van der Waals surface area (Å²) < 4.78 is 16.1. The maximum absolute atomic E-state index is 5.62. The Kier molecular flexibility index (Phi) is 3.15. The zero-order valence-corrected chi connectivity index (χ0v) is 12.9. The summed E-state index contributed by atoms with van der Waals surface area (Å²) in [5.74, 6) is 2.41. The molecular weight excluding hydrogens is 290 g/mol. The maximum atomic E-state index is 5.62. The van der Waals surface area contributed by atoms with Gasteiger partial charge < -0.3 is 14.0 Å². The second-order valence-electron chi connectivity index (χ2n) is 5.29. The van der Waals surface area contributed by atoms with E-state index in [1.807, 2.05) is 48.5 Å². The van der Waals surface area contributed by atoms with Gasteiger partial charge >= 0.3 is 0 Å². The molecule has 114 valence electrons. The number of aromatic nitrogens is 1. The van der Waals surface area contributed by atoms with Gasteiger partial charge in [-0.2, -0.15) is 0 Å². The zero-order chi connectivity index (χ0) is 15.8. The van der Waals surface area contributed by atoms with Crippen molar-refractivity contribution < 1.29 is 14.0 Å². The Hall–Kier alpha value is -3.01. The van der Waals surface area contributed by atoms with Crippen molar-refractivity contribution in [3.63, 3.8) is 0 Å². The van der Waals surface area contributed by atoms with Gasteiger partial charge in [0.15, 0.2) is 5.76 Å². The first-order valence-corrected chi connectivity index (χ1v) is 7.31. The van der Waals surface area contributed by atoms with Gasteiger partial charge in [0.25, 0.3) is 0 Å². The van der Waals surface area contributed by atoms with Crippen molar-refractivity contribution in [1.82, 2.24) is 5.16 Å². The average molecular weight is 305 g/mol. The van der Waals surface area contributed by atoms with Gasteiger partial charge in [0.2, 0.25) is 0 Å². The van der Waals surface area contributed by atoms with Crippen molar-refractivity contribution >= 4 is 21.7 Å². The summed E-state index contributed by atoms with van der Waals surface area (Å²) in [6.45, 7) is 0. The minimum atomic E-state index is 0.764. The zero-order valence-electron chi connectivity index (χ0n) is 12.9. The molecule has 0 saturated heterocycles. The normalized spacial score (nSPS) is 11.0. The number of nitrogens with zero attached hydrogens (tertiary/aromatic N) is 1. The number of benzene rings is 3. The molecular formula is C19H15NO3. The lowest BCUT2D eigenvalue weighted by atomic mass is 10.0. The molecule has 0 unspecified atom stereocenters. The Bertz CT molecular complexity index is 987. The van der Waals surface area contributed by atoms with E-state index in [4.69, 9.17) is 14.0 Å². The van der Waals surface area contributed by atoms with Crippen LogP contribution in [0.5, 0.6) is 11.5 Å². The highest BCUT2D eigenvalue weighted by Crippen LogP contribution is 2.34. The minimum Gasteiger partial charge on any atom is -0.497 e. The van der Waals surface area contributed by atoms with Crippen LogP contribution in [-0.2, 0) is 0 Å². The summed E-state index contributed by atoms with van der Waals surface area (Å²) in [7, 11) is 3.32. The number of methoxy groups -OCH3 is 2. The molecule has 3 aromatic carbocycles. The SMILES string of the molecule is COc1ccc(-c2onc3c2ccc2cc(OC)ccc23)cc1. The van der Waals surface area contributed by atoms with Crippen LogP contribution >= 0.6 is 0 Å². The fourth-order valence-electron chi connectivity index (χ4n) is 2.79. The van der Waals surface area contributed by atoms with E-state index in [0.717, 1.165) is 44.5 Å². The Morgan fingerprint density at radius 3 is 2.22 bits per heavy atom. The molecule has 23 heavy (non-hydrogen) atoms. The summed E-state index contributed by atoms with van der Waals surface area (Å²) in [5.41, 5.74) is 1.83. The topological polar surface area (TPSA) is 44.5 Å². The monoisotopic (exact) mass is 305 g/mol. The van der Waals surface area contributed by atoms with Crippen molar-refractivity contribution in [3.05, 3.63) is 54.6 Å². The van der Waals surface area contributed by atoms with Crippen molar-refractivity contribution in [2.45, 2.75) is 0 Å². The molecule has 4 rings (SSSR count). The Morgan fingerprint density at radius 2 is 1.48 bits per heavy atom. The summed E-state index contributed by atoms with van der Waals surface area (Å²) in [4.78, 5) is 0. The molecule has 4 heteroatoms. The number of fused-ring (bicyclic) bond motifs is 3. The first-order chi connectivity index (χ1) is 11.3. The molecule has 0 saturated carbocycles. The number of hydrogen-bond donors (Lipinski definition) is 0. The van der Waals surface area contributed by atoms with Gasteiger partial charge in [-0.3, -0.25) is 0 Å². The standard InChI is InChI=1S/C19H15NO3/c1-21-14-6-3-12(4-7-14)19-17-9-5-13-11-15(22-2)8-10-16(13)18(17)20-23-19/h3-11H,1-2H3. The molecule has 0 amide bonds. The van der Waals surface area contributed by atoms with Crippen molar-refractivity contribution in [2.24, 2.45) is 0 Å². The highest BCUT2D eigenvalue weighted by Gasteiger charge is 2.13. The van der Waals surface area contributed by atoms with Crippen molar-refractivity contribution in [1.29, 1.82) is 0 Å². The third-order valence-electron chi connectivity index (χ3n) is 4.02. The minimum absolute atomic E-state index is 0.764. The van der Waals surface area contributed by atoms with Crippen molar-refractivity contribution in [2.75, 3.05) is 14.2 Å². The van der Waals surface area contributed by atoms with Crippen LogP contribution in [0.2, 0.25) is 0 Å². The van der Waals surface area contributed by atoms with Crippen LogP contribution in [0.1, 0.15) is 0 Å². The van der Waals surface area contributed by atoms with E-state index in [9.17, 15) is 0 Å². The van der Waals surface area contributed by atoms with Crippen LogP contribution < -0.4 is 9.47 Å². The molecule has 1 heterocycles. The molecule has 0 bridgehead atoms. The van der Waals surface area contributed by atoms with Crippen LogP contribution in [0.4, 0.5) is 0 Å². The molecule has 0 radical (unpaired) electrons. The summed E-state index contributed by atoms with van der Waals surface area (Å²) >= 11 is 0. The third-order valence-corrected chi connectivity index (χ3v) is 4.02. The van der Waals surface area contributed by atoms with E-state index in [2.05, 4.69) is 11.2 Å². The smallest absolute Gasteiger partial charge is 0.174 e. The van der Waals surface area contributed by atoms with E-state index < -0.39 is 0 Å². The van der Waals surface area contributed by atoms with E-state index in [1.54, 1.807) is 14.2 Å². The lowest BCUT2D eigenvalue weighted by Gasteiger charge is -2.03. The first-order valence-electron chi connectivity index (χ1n) is 7.31. The van der Waals surface area contributed by atoms with Crippen LogP contribution in [-0.4, -0.2) is 19.4 Å². The molecule has 0 aliphatic rings. The summed E-state index contributed by atoms with van der Waals surface area (Å²) in [5, 5.41) is 7.39. The Morgan fingerprint density at radius 1 is 0.783 bits per heavy atom. The van der Waals surface area contributed by atoms with E-state index in [-0.39, 0.29) is 0 Å². The largest absolute Gasteiger partial charge is 0.497 e. The second kappa shape index (κ2) is 5.32. The predicted octanol–water partition coefficient (Wildman–Crippen LogP) is 4.67. The first kappa shape index (κ1) is 13.6. The van der Waals surface area contributed by atoms with Gasteiger partial charge in [0.1, 0.15) is 17.0 Å². The molecule has 4 aromatic rings. The van der Waals surface area contributed by atoms with Gasteiger partial charge in [-0.15, -0.1) is 0 Å². The number of ether oxygens (including phenoxy) is 2. The molecule has 1 aromatic heterocycles. The number of hydrogen-bond acceptors (Lipinski definition) is 4. The fraction of sp³-hybridized carbons (Fsp3) is 0.105. The van der Waals surface area contributed by atoms with E-state index >= 15 is 0 Å². The van der Waals surface area contributed by atoms with Gasteiger partial charge in [0.05, 0.1) is 19.6 Å². The van der Waals surface area contributed by atoms with E-state index in [1.165, 1.54) is 0 Å². The third kappa shape index (κ3) is 2.19. The van der Waals surface area contributed by atoms with Crippen LogP contribution in [0.3, 0.4) is 0 Å². The molecule has 0 aliphatic carbocycles. The fourth-order valence-corrected chi connectivity index (χ4v) is 2.79. The Balaban J connectivity index is 1.90. The molecule has 0 atom stereocenters. The van der Waals surface area contributed by atoms with Gasteiger partial charge in [0, 0.05) is 10.9 Å². The van der Waals surface area contributed by atoms with E-state index in [0.29, 0.717) is 0 Å². The molecule has 0 aliphatic heterocycles. The maximum Gasteiger partial charge on any atom is 0.174 e. The molecule has 0 N–H and O–H groups in total. The van der Waals surface area contributed by atoms with Crippen LogP contribution in [0.25, 0.3) is 33.0 Å². The number of rotatable bonds is 3. The predicted molar refractivity (Wildman–Crippen MR) is 90.1 cm³/mol. The Labute approximate surface area is 133 Å². The van der Waals surface area contributed by atoms with Crippen LogP contribution in [0.15, 0.2) is 59.1 Å². The van der Waals surface area contributed by atoms with Gasteiger partial charge in [-0.05, 0) is 53.9 Å². The second-order valence-corrected chi connectivity index (χ2v) is 5.29.